The molecule has 0 aliphatic carbocycles. The molecule has 1 unspecified atom stereocenters. The number of halogens is 1. The molecule has 1 atom stereocenters. The van der Waals surface area contributed by atoms with Gasteiger partial charge in [0, 0.05) is 25.1 Å². The first-order valence-electron chi connectivity index (χ1n) is 8.78. The van der Waals surface area contributed by atoms with E-state index in [-0.39, 0.29) is 11.7 Å². The van der Waals surface area contributed by atoms with Crippen LogP contribution in [0.1, 0.15) is 29.2 Å². The number of hydrogen-bond acceptors (Lipinski definition) is 4. The minimum Gasteiger partial charge on any atom is -0.319 e. The van der Waals surface area contributed by atoms with Gasteiger partial charge in [-0.1, -0.05) is 30.3 Å². The van der Waals surface area contributed by atoms with Crippen molar-refractivity contribution in [1.29, 1.82) is 0 Å². The van der Waals surface area contributed by atoms with E-state index in [2.05, 4.69) is 27.8 Å². The topological polar surface area (TPSA) is 41.0 Å². The average Bonchev–Trinajstić information content (AvgIpc) is 2.80. The summed E-state index contributed by atoms with van der Waals surface area (Å²) in [7, 11) is 2.01. The van der Waals surface area contributed by atoms with Gasteiger partial charge in [0.1, 0.15) is 5.82 Å². The average molecular weight is 348 g/mol. The van der Waals surface area contributed by atoms with Crippen molar-refractivity contribution in [2.24, 2.45) is 0 Å². The maximum atomic E-state index is 14.4. The SMILES string of the molecule is Cc1ccc(-c2ccc3c(c2)NN(C)CCC3c2ccccc2F)nn1. The van der Waals surface area contributed by atoms with E-state index in [0.29, 0.717) is 0 Å². The van der Waals surface area contributed by atoms with Crippen molar-refractivity contribution in [2.45, 2.75) is 19.3 Å². The molecule has 0 bridgehead atoms. The summed E-state index contributed by atoms with van der Waals surface area (Å²) in [4.78, 5) is 0. The van der Waals surface area contributed by atoms with Gasteiger partial charge in [-0.05, 0) is 48.7 Å². The number of rotatable bonds is 2. The molecule has 0 spiro atoms. The maximum Gasteiger partial charge on any atom is 0.127 e. The van der Waals surface area contributed by atoms with Crippen LogP contribution in [-0.2, 0) is 0 Å². The lowest BCUT2D eigenvalue weighted by atomic mass is 9.87. The predicted octanol–water partition coefficient (Wildman–Crippen LogP) is 4.39. The number of hydrogen-bond donors (Lipinski definition) is 1. The molecule has 1 aromatic heterocycles. The van der Waals surface area contributed by atoms with Crippen LogP contribution in [0.25, 0.3) is 11.3 Å². The van der Waals surface area contributed by atoms with E-state index in [4.69, 9.17) is 0 Å². The molecule has 0 radical (unpaired) electrons. The van der Waals surface area contributed by atoms with Crippen LogP contribution in [0.15, 0.2) is 54.6 Å². The Labute approximate surface area is 152 Å². The van der Waals surface area contributed by atoms with Crippen LogP contribution in [0.5, 0.6) is 0 Å². The van der Waals surface area contributed by atoms with Gasteiger partial charge in [-0.2, -0.15) is 10.2 Å². The molecule has 2 aromatic carbocycles. The summed E-state index contributed by atoms with van der Waals surface area (Å²) in [5.74, 6) is -0.136. The molecule has 0 saturated carbocycles. The van der Waals surface area contributed by atoms with Crippen molar-refractivity contribution in [3.8, 4) is 11.3 Å². The third kappa shape index (κ3) is 3.18. The lowest BCUT2D eigenvalue weighted by molar-refractivity contribution is 0.393. The fourth-order valence-electron chi connectivity index (χ4n) is 3.49. The van der Waals surface area contributed by atoms with Crippen LogP contribution in [0.4, 0.5) is 10.1 Å². The number of aromatic nitrogens is 2. The van der Waals surface area contributed by atoms with Crippen LogP contribution >= 0.6 is 0 Å². The van der Waals surface area contributed by atoms with Gasteiger partial charge < -0.3 is 5.43 Å². The second-order valence-corrected chi connectivity index (χ2v) is 6.76. The molecule has 132 valence electrons. The second-order valence-electron chi connectivity index (χ2n) is 6.76. The highest BCUT2D eigenvalue weighted by Crippen LogP contribution is 2.38. The van der Waals surface area contributed by atoms with Crippen molar-refractivity contribution in [3.05, 3.63) is 77.2 Å². The van der Waals surface area contributed by atoms with E-state index in [0.717, 1.165) is 46.7 Å². The van der Waals surface area contributed by atoms with Crippen molar-refractivity contribution < 1.29 is 4.39 Å². The van der Waals surface area contributed by atoms with Crippen LogP contribution < -0.4 is 5.43 Å². The first kappa shape index (κ1) is 16.7. The van der Waals surface area contributed by atoms with Crippen LogP contribution in [0.3, 0.4) is 0 Å². The number of anilines is 1. The van der Waals surface area contributed by atoms with Gasteiger partial charge in [-0.25, -0.2) is 9.40 Å². The van der Waals surface area contributed by atoms with Gasteiger partial charge in [-0.15, -0.1) is 0 Å². The summed E-state index contributed by atoms with van der Waals surface area (Å²) >= 11 is 0. The Kier molecular flexibility index (Phi) is 4.39. The smallest absolute Gasteiger partial charge is 0.127 e. The van der Waals surface area contributed by atoms with E-state index in [1.807, 2.05) is 49.3 Å². The van der Waals surface area contributed by atoms with Crippen LogP contribution in [-0.4, -0.2) is 28.8 Å². The molecule has 26 heavy (non-hydrogen) atoms. The molecule has 0 fully saturated rings. The molecule has 2 heterocycles. The normalized spacial score (nSPS) is 17.3. The molecule has 1 aliphatic heterocycles. The molecule has 4 rings (SSSR count). The molecule has 0 amide bonds. The van der Waals surface area contributed by atoms with Crippen LogP contribution in [0.2, 0.25) is 0 Å². The Bertz CT molecular complexity index is 924. The summed E-state index contributed by atoms with van der Waals surface area (Å²) in [6.45, 7) is 2.75. The largest absolute Gasteiger partial charge is 0.319 e. The van der Waals surface area contributed by atoms with Crippen molar-refractivity contribution >= 4 is 5.69 Å². The monoisotopic (exact) mass is 348 g/mol. The highest BCUT2D eigenvalue weighted by Gasteiger charge is 2.24. The van der Waals surface area contributed by atoms with E-state index in [1.165, 1.54) is 6.07 Å². The third-order valence-electron chi connectivity index (χ3n) is 4.87. The van der Waals surface area contributed by atoms with Gasteiger partial charge in [0.15, 0.2) is 0 Å². The highest BCUT2D eigenvalue weighted by molar-refractivity contribution is 5.68. The third-order valence-corrected chi connectivity index (χ3v) is 4.87. The lowest BCUT2D eigenvalue weighted by Crippen LogP contribution is -2.25. The molecule has 4 nitrogen and oxygen atoms in total. The molecule has 5 heteroatoms. The lowest BCUT2D eigenvalue weighted by Gasteiger charge is -2.19. The Balaban J connectivity index is 1.79. The second kappa shape index (κ2) is 6.84. The quantitative estimate of drug-likeness (QED) is 0.746. The van der Waals surface area contributed by atoms with E-state index < -0.39 is 0 Å². The highest BCUT2D eigenvalue weighted by atomic mass is 19.1. The summed E-state index contributed by atoms with van der Waals surface area (Å²) in [5.41, 5.74) is 8.96. The molecule has 1 N–H and O–H groups in total. The van der Waals surface area contributed by atoms with E-state index in [1.54, 1.807) is 6.07 Å². The van der Waals surface area contributed by atoms with Crippen molar-refractivity contribution in [2.75, 3.05) is 19.0 Å². The van der Waals surface area contributed by atoms with E-state index >= 15 is 0 Å². The standard InChI is InChI=1S/C21H21FN4/c1-14-7-10-20(24-23-14)15-8-9-18-16(17-5-3-4-6-19(17)22)11-12-26(2)25-21(18)13-15/h3-10,13,16,25H,11-12H2,1-2H3. The molecule has 0 saturated heterocycles. The minimum absolute atomic E-state index is 0.0156. The van der Waals surface area contributed by atoms with Gasteiger partial charge in [0.2, 0.25) is 0 Å². The Morgan fingerprint density at radius 2 is 1.88 bits per heavy atom. The predicted molar refractivity (Wildman–Crippen MR) is 101 cm³/mol. The first-order chi connectivity index (χ1) is 12.6. The number of aryl methyl sites for hydroxylation is 1. The molecule has 1 aliphatic rings. The van der Waals surface area contributed by atoms with Crippen molar-refractivity contribution in [1.82, 2.24) is 15.2 Å². The van der Waals surface area contributed by atoms with Gasteiger partial charge in [0.25, 0.3) is 0 Å². The summed E-state index contributed by atoms with van der Waals surface area (Å²) in [5, 5.41) is 10.5. The first-order valence-corrected chi connectivity index (χ1v) is 8.78. The molecule has 3 aromatic rings. The zero-order valence-corrected chi connectivity index (χ0v) is 14.9. The number of nitrogens with one attached hydrogen (secondary N) is 1. The number of fused-ring (bicyclic) bond motifs is 1. The Hall–Kier alpha value is -2.79. The van der Waals surface area contributed by atoms with Crippen molar-refractivity contribution in [3.63, 3.8) is 0 Å². The zero-order chi connectivity index (χ0) is 18.1. The number of nitrogens with zero attached hydrogens (tertiary/aromatic N) is 3. The Morgan fingerprint density at radius 3 is 2.65 bits per heavy atom. The summed E-state index contributed by atoms with van der Waals surface area (Å²) in [6.07, 6.45) is 0.848. The van der Waals surface area contributed by atoms with Gasteiger partial charge in [-0.3, -0.25) is 0 Å². The van der Waals surface area contributed by atoms with Gasteiger partial charge in [0.05, 0.1) is 17.1 Å². The minimum atomic E-state index is -0.151. The van der Waals surface area contributed by atoms with Gasteiger partial charge >= 0.3 is 0 Å². The molecular formula is C21H21FN4. The number of benzene rings is 2. The molecular weight excluding hydrogens is 327 g/mol. The van der Waals surface area contributed by atoms with Crippen LogP contribution in [0, 0.1) is 12.7 Å². The summed E-state index contributed by atoms with van der Waals surface area (Å²) < 4.78 is 14.4. The Morgan fingerprint density at radius 1 is 1.04 bits per heavy atom. The fourth-order valence-corrected chi connectivity index (χ4v) is 3.49. The zero-order valence-electron chi connectivity index (χ0n) is 14.9. The maximum absolute atomic E-state index is 14.4. The van der Waals surface area contributed by atoms with E-state index in [9.17, 15) is 4.39 Å². The fraction of sp³-hybridized carbons (Fsp3) is 0.238. The number of hydrazine groups is 1. The summed E-state index contributed by atoms with van der Waals surface area (Å²) in [6, 6.07) is 17.2.